The summed E-state index contributed by atoms with van der Waals surface area (Å²) in [4.78, 5) is 19.4. The van der Waals surface area contributed by atoms with E-state index in [1.807, 2.05) is 13.2 Å². The highest BCUT2D eigenvalue weighted by Gasteiger charge is 2.27. The van der Waals surface area contributed by atoms with Crippen molar-refractivity contribution in [2.75, 3.05) is 23.4 Å². The van der Waals surface area contributed by atoms with Gasteiger partial charge in [0.05, 0.1) is 4.92 Å². The second-order valence-corrected chi connectivity index (χ2v) is 5.44. The number of anilines is 2. The molecule has 0 aromatic carbocycles. The normalized spacial score (nSPS) is 15.3. The van der Waals surface area contributed by atoms with Gasteiger partial charge in [0.1, 0.15) is 0 Å². The lowest BCUT2D eigenvalue weighted by atomic mass is 10.2. The van der Waals surface area contributed by atoms with Gasteiger partial charge in [-0.3, -0.25) is 10.1 Å². The first-order valence-electron chi connectivity index (χ1n) is 6.76. The summed E-state index contributed by atoms with van der Waals surface area (Å²) in [5.74, 6) is 0.620. The van der Waals surface area contributed by atoms with Crippen LogP contribution in [-0.2, 0) is 0 Å². The third kappa shape index (κ3) is 3.30. The summed E-state index contributed by atoms with van der Waals surface area (Å²) in [6.07, 6.45) is 6.24. The average Bonchev–Trinajstić information content (AvgIpc) is 2.91. The molecule has 0 atom stereocenters. The van der Waals surface area contributed by atoms with Crippen LogP contribution in [0.2, 0.25) is 0 Å². The number of nitrogens with one attached hydrogen (secondary N) is 2. The van der Waals surface area contributed by atoms with E-state index in [4.69, 9.17) is 0 Å². The van der Waals surface area contributed by atoms with Crippen molar-refractivity contribution in [3.63, 3.8) is 0 Å². The maximum absolute atomic E-state index is 11.3. The summed E-state index contributed by atoms with van der Waals surface area (Å²) in [6.45, 7) is 2.46. The van der Waals surface area contributed by atoms with Crippen LogP contribution in [0, 0.1) is 10.1 Å². The van der Waals surface area contributed by atoms with E-state index in [0.29, 0.717) is 17.5 Å². The van der Waals surface area contributed by atoms with Crippen LogP contribution in [-0.4, -0.2) is 33.7 Å². The van der Waals surface area contributed by atoms with E-state index in [0.717, 1.165) is 25.7 Å². The van der Waals surface area contributed by atoms with Crippen LogP contribution in [0.1, 0.15) is 32.6 Å². The summed E-state index contributed by atoms with van der Waals surface area (Å²) >= 11 is 1.38. The van der Waals surface area contributed by atoms with Crippen molar-refractivity contribution < 1.29 is 4.92 Å². The lowest BCUT2D eigenvalue weighted by Crippen LogP contribution is -2.18. The molecule has 0 unspecified atom stereocenters. The maximum atomic E-state index is 11.3. The lowest BCUT2D eigenvalue weighted by Gasteiger charge is -2.15. The molecule has 7 nitrogen and oxygen atoms in total. The van der Waals surface area contributed by atoms with Gasteiger partial charge in [-0.05, 0) is 26.0 Å². The molecular formula is C12H19N5O2S. The predicted molar refractivity (Wildman–Crippen MR) is 80.5 cm³/mol. The highest BCUT2D eigenvalue weighted by Crippen LogP contribution is 2.34. The van der Waals surface area contributed by atoms with Gasteiger partial charge in [0.15, 0.2) is 5.16 Å². The van der Waals surface area contributed by atoms with Crippen molar-refractivity contribution in [3.05, 3.63) is 10.1 Å². The largest absolute Gasteiger partial charge is 0.364 e. The minimum absolute atomic E-state index is 0.0587. The molecule has 8 heteroatoms. The zero-order valence-corrected chi connectivity index (χ0v) is 12.5. The number of hydrogen-bond acceptors (Lipinski definition) is 7. The van der Waals surface area contributed by atoms with Crippen LogP contribution in [0.15, 0.2) is 5.16 Å². The Bertz CT molecular complexity index is 491. The molecule has 0 aliphatic heterocycles. The molecule has 1 aromatic rings. The van der Waals surface area contributed by atoms with Gasteiger partial charge in [-0.1, -0.05) is 24.6 Å². The first-order valence-corrected chi connectivity index (χ1v) is 7.99. The zero-order chi connectivity index (χ0) is 14.5. The molecule has 1 heterocycles. The van der Waals surface area contributed by atoms with Gasteiger partial charge in [-0.25, -0.2) is 0 Å². The Kier molecular flexibility index (Phi) is 4.99. The van der Waals surface area contributed by atoms with E-state index in [9.17, 15) is 10.1 Å². The number of thioether (sulfide) groups is 1. The topological polar surface area (TPSA) is 93.0 Å². The quantitative estimate of drug-likeness (QED) is 0.361. The lowest BCUT2D eigenvalue weighted by molar-refractivity contribution is -0.383. The second-order valence-electron chi connectivity index (χ2n) is 4.67. The van der Waals surface area contributed by atoms with Gasteiger partial charge >= 0.3 is 5.69 Å². The minimum Gasteiger partial charge on any atom is -0.364 e. The minimum atomic E-state index is -0.417. The van der Waals surface area contributed by atoms with Crippen LogP contribution in [0.3, 0.4) is 0 Å². The molecule has 0 amide bonds. The van der Waals surface area contributed by atoms with E-state index in [2.05, 4.69) is 20.6 Å². The summed E-state index contributed by atoms with van der Waals surface area (Å²) in [5, 5.41) is 18.0. The fraction of sp³-hybridized carbons (Fsp3) is 0.667. The van der Waals surface area contributed by atoms with Gasteiger partial charge < -0.3 is 10.6 Å². The first-order chi connectivity index (χ1) is 9.65. The molecule has 1 saturated carbocycles. The van der Waals surface area contributed by atoms with Gasteiger partial charge in [0, 0.05) is 12.6 Å². The Hall–Kier alpha value is -1.57. The molecule has 1 aromatic heterocycles. The van der Waals surface area contributed by atoms with Crippen LogP contribution >= 0.6 is 11.8 Å². The molecule has 0 saturated heterocycles. The first kappa shape index (κ1) is 14.8. The molecule has 20 heavy (non-hydrogen) atoms. The van der Waals surface area contributed by atoms with E-state index >= 15 is 0 Å². The monoisotopic (exact) mass is 297 g/mol. The Labute approximate surface area is 122 Å². The van der Waals surface area contributed by atoms with Crippen LogP contribution in [0.25, 0.3) is 0 Å². The molecule has 0 spiro atoms. The molecule has 1 aliphatic rings. The van der Waals surface area contributed by atoms with Crippen molar-refractivity contribution in [1.29, 1.82) is 0 Å². The molecule has 110 valence electrons. The molecule has 0 bridgehead atoms. The zero-order valence-electron chi connectivity index (χ0n) is 11.7. The van der Waals surface area contributed by atoms with Gasteiger partial charge in [0.25, 0.3) is 0 Å². The Morgan fingerprint density at radius 2 is 2.00 bits per heavy atom. The summed E-state index contributed by atoms with van der Waals surface area (Å²) in [6, 6.07) is 0.271. The van der Waals surface area contributed by atoms with Crippen LogP contribution < -0.4 is 10.6 Å². The summed E-state index contributed by atoms with van der Waals surface area (Å²) in [5.41, 5.74) is -0.0587. The number of nitrogens with zero attached hydrogens (tertiary/aromatic N) is 3. The van der Waals surface area contributed by atoms with Crippen molar-refractivity contribution >= 4 is 29.1 Å². The molecule has 1 aliphatic carbocycles. The Morgan fingerprint density at radius 3 is 2.55 bits per heavy atom. The van der Waals surface area contributed by atoms with Crippen molar-refractivity contribution in [1.82, 2.24) is 9.97 Å². The van der Waals surface area contributed by atoms with Crippen LogP contribution in [0.4, 0.5) is 17.3 Å². The highest BCUT2D eigenvalue weighted by molar-refractivity contribution is 7.98. The Balaban J connectivity index is 2.39. The standard InChI is InChI=1S/C12H19N5O2S/c1-3-13-10-9(17(18)19)11(16-12(15-10)20-2)14-8-6-4-5-7-8/h8H,3-7H2,1-2H3,(H2,13,14,15,16). The summed E-state index contributed by atoms with van der Waals surface area (Å²) in [7, 11) is 0. The van der Waals surface area contributed by atoms with E-state index in [1.165, 1.54) is 11.8 Å². The third-order valence-electron chi connectivity index (χ3n) is 3.27. The van der Waals surface area contributed by atoms with E-state index in [-0.39, 0.29) is 17.5 Å². The van der Waals surface area contributed by atoms with Gasteiger partial charge in [0.2, 0.25) is 11.6 Å². The summed E-state index contributed by atoms with van der Waals surface area (Å²) < 4.78 is 0. The molecular weight excluding hydrogens is 278 g/mol. The van der Waals surface area contributed by atoms with Gasteiger partial charge in [-0.2, -0.15) is 9.97 Å². The molecule has 2 N–H and O–H groups in total. The number of aromatic nitrogens is 2. The highest BCUT2D eigenvalue weighted by atomic mass is 32.2. The van der Waals surface area contributed by atoms with Crippen molar-refractivity contribution in [2.24, 2.45) is 0 Å². The SMILES string of the molecule is CCNc1nc(SC)nc(NC2CCCC2)c1[N+](=O)[O-]. The molecule has 2 rings (SSSR count). The third-order valence-corrected chi connectivity index (χ3v) is 3.82. The smallest absolute Gasteiger partial charge is 0.353 e. The number of nitro groups is 1. The number of hydrogen-bond donors (Lipinski definition) is 2. The fourth-order valence-electron chi connectivity index (χ4n) is 2.35. The van der Waals surface area contributed by atoms with Crippen molar-refractivity contribution in [3.8, 4) is 0 Å². The number of rotatable bonds is 6. The second kappa shape index (κ2) is 6.74. The van der Waals surface area contributed by atoms with Gasteiger partial charge in [-0.15, -0.1) is 0 Å². The van der Waals surface area contributed by atoms with E-state index < -0.39 is 4.92 Å². The maximum Gasteiger partial charge on any atom is 0.353 e. The fourth-order valence-corrected chi connectivity index (χ4v) is 2.72. The van der Waals surface area contributed by atoms with Crippen LogP contribution in [0.5, 0.6) is 0 Å². The molecule has 0 radical (unpaired) electrons. The van der Waals surface area contributed by atoms with Crippen molar-refractivity contribution in [2.45, 2.75) is 43.8 Å². The predicted octanol–water partition coefficient (Wildman–Crippen LogP) is 2.89. The molecule has 1 fully saturated rings. The average molecular weight is 297 g/mol. The Morgan fingerprint density at radius 1 is 1.35 bits per heavy atom. The van der Waals surface area contributed by atoms with E-state index in [1.54, 1.807) is 0 Å².